The Morgan fingerprint density at radius 3 is 2.96 bits per heavy atom. The topological polar surface area (TPSA) is 59.8 Å². The van der Waals surface area contributed by atoms with Crippen LogP contribution in [0.5, 0.6) is 11.5 Å². The summed E-state index contributed by atoms with van der Waals surface area (Å²) in [5, 5.41) is 4.25. The number of nitrogens with zero attached hydrogens (tertiary/aromatic N) is 4. The maximum Gasteiger partial charge on any atom is 0.231 e. The van der Waals surface area contributed by atoms with Gasteiger partial charge < -0.3 is 14.4 Å². The van der Waals surface area contributed by atoms with E-state index in [1.165, 1.54) is 5.56 Å². The van der Waals surface area contributed by atoms with Crippen molar-refractivity contribution in [2.24, 2.45) is 12.5 Å². The fourth-order valence-corrected chi connectivity index (χ4v) is 4.43. The normalized spacial score (nSPS) is 25.0. The number of likely N-dealkylation sites (tertiary alicyclic amines) is 1. The van der Waals surface area contributed by atoms with E-state index in [-0.39, 0.29) is 18.1 Å². The maximum atomic E-state index is 12.7. The summed E-state index contributed by atoms with van der Waals surface area (Å²) in [5.41, 5.74) is 2.18. The fraction of sp³-hybridized carbons (Fsp3) is 0.474. The highest BCUT2D eigenvalue weighted by molar-refractivity contribution is 5.96. The Morgan fingerprint density at radius 1 is 1.23 bits per heavy atom. The van der Waals surface area contributed by atoms with Crippen molar-refractivity contribution >= 4 is 11.6 Å². The molecule has 1 amide bonds. The number of carbonyl (C=O) groups excluding carboxylic acids is 1. The molecule has 0 N–H and O–H groups in total. The summed E-state index contributed by atoms with van der Waals surface area (Å²) < 4.78 is 12.7. The lowest BCUT2D eigenvalue weighted by Gasteiger charge is -2.24. The van der Waals surface area contributed by atoms with Gasteiger partial charge in [0, 0.05) is 62.0 Å². The molecular weight excluding hydrogens is 332 g/mol. The van der Waals surface area contributed by atoms with Crippen LogP contribution in [-0.4, -0.2) is 47.0 Å². The largest absolute Gasteiger partial charge is 0.454 e. The molecule has 2 saturated heterocycles. The molecule has 0 bridgehead atoms. The minimum atomic E-state index is 0.0513. The average Bonchev–Trinajstić information content (AvgIpc) is 3.37. The van der Waals surface area contributed by atoms with Gasteiger partial charge in [0.05, 0.1) is 6.20 Å². The number of amides is 1. The van der Waals surface area contributed by atoms with Gasteiger partial charge in [-0.25, -0.2) is 0 Å². The molecule has 136 valence electrons. The number of fused-ring (bicyclic) bond motifs is 1. The predicted molar refractivity (Wildman–Crippen MR) is 95.1 cm³/mol. The summed E-state index contributed by atoms with van der Waals surface area (Å²) in [6.07, 6.45) is 5.65. The van der Waals surface area contributed by atoms with Crippen molar-refractivity contribution in [3.63, 3.8) is 0 Å². The third-order valence-corrected chi connectivity index (χ3v) is 5.67. The smallest absolute Gasteiger partial charge is 0.231 e. The molecule has 1 aromatic carbocycles. The van der Waals surface area contributed by atoms with Gasteiger partial charge in [-0.15, -0.1) is 0 Å². The molecule has 3 aliphatic rings. The molecule has 1 aromatic heterocycles. The quantitative estimate of drug-likeness (QED) is 0.841. The van der Waals surface area contributed by atoms with E-state index in [4.69, 9.17) is 9.47 Å². The van der Waals surface area contributed by atoms with Crippen LogP contribution in [0.1, 0.15) is 18.4 Å². The third kappa shape index (κ3) is 2.63. The number of hydrogen-bond donors (Lipinski definition) is 0. The van der Waals surface area contributed by atoms with E-state index in [0.29, 0.717) is 6.42 Å². The third-order valence-electron chi connectivity index (χ3n) is 5.67. The Bertz CT molecular complexity index is 864. The minimum Gasteiger partial charge on any atom is -0.454 e. The van der Waals surface area contributed by atoms with Crippen molar-refractivity contribution in [3.8, 4) is 11.5 Å². The van der Waals surface area contributed by atoms with E-state index in [1.54, 1.807) is 0 Å². The number of anilines is 1. The molecule has 0 unspecified atom stereocenters. The Hall–Kier alpha value is -2.54. The molecule has 2 aromatic rings. The molecule has 1 atom stereocenters. The van der Waals surface area contributed by atoms with Gasteiger partial charge in [0.15, 0.2) is 11.5 Å². The first kappa shape index (κ1) is 15.7. The second-order valence-corrected chi connectivity index (χ2v) is 7.68. The Morgan fingerprint density at radius 2 is 2.12 bits per heavy atom. The number of hydrogen-bond acceptors (Lipinski definition) is 5. The first-order chi connectivity index (χ1) is 12.6. The van der Waals surface area contributed by atoms with E-state index in [2.05, 4.69) is 16.2 Å². The summed E-state index contributed by atoms with van der Waals surface area (Å²) in [5.74, 6) is 1.67. The first-order valence-electron chi connectivity index (χ1n) is 9.00. The molecule has 7 nitrogen and oxygen atoms in total. The Balaban J connectivity index is 1.30. The van der Waals surface area contributed by atoms with E-state index in [1.807, 2.05) is 41.0 Å². The van der Waals surface area contributed by atoms with Crippen LogP contribution in [0.4, 0.5) is 5.69 Å². The molecule has 26 heavy (non-hydrogen) atoms. The Kier molecular flexibility index (Phi) is 3.46. The van der Waals surface area contributed by atoms with Crippen LogP contribution in [0.2, 0.25) is 0 Å². The van der Waals surface area contributed by atoms with Gasteiger partial charge in [-0.3, -0.25) is 14.4 Å². The molecule has 2 fully saturated rings. The summed E-state index contributed by atoms with van der Waals surface area (Å²) in [6.45, 7) is 3.90. The van der Waals surface area contributed by atoms with Crippen molar-refractivity contribution in [3.05, 3.63) is 36.2 Å². The van der Waals surface area contributed by atoms with Crippen molar-refractivity contribution in [2.45, 2.75) is 19.4 Å². The van der Waals surface area contributed by atoms with Crippen LogP contribution in [0.3, 0.4) is 0 Å². The van der Waals surface area contributed by atoms with Crippen molar-refractivity contribution < 1.29 is 14.3 Å². The lowest BCUT2D eigenvalue weighted by atomic mass is 9.86. The van der Waals surface area contributed by atoms with E-state index in [9.17, 15) is 4.79 Å². The predicted octanol–water partition coefficient (Wildman–Crippen LogP) is 1.78. The highest BCUT2D eigenvalue weighted by Gasteiger charge is 2.47. The van der Waals surface area contributed by atoms with Gasteiger partial charge in [0.25, 0.3) is 0 Å². The second-order valence-electron chi connectivity index (χ2n) is 7.68. The van der Waals surface area contributed by atoms with Crippen molar-refractivity contribution in [2.75, 3.05) is 31.3 Å². The molecule has 0 saturated carbocycles. The van der Waals surface area contributed by atoms with Gasteiger partial charge in [-0.2, -0.15) is 5.10 Å². The maximum absolute atomic E-state index is 12.7. The van der Waals surface area contributed by atoms with Gasteiger partial charge >= 0.3 is 0 Å². The highest BCUT2D eigenvalue weighted by Crippen LogP contribution is 2.44. The molecule has 4 heterocycles. The lowest BCUT2D eigenvalue weighted by molar-refractivity contribution is -0.117. The van der Waals surface area contributed by atoms with E-state index < -0.39 is 0 Å². The second kappa shape index (κ2) is 5.74. The van der Waals surface area contributed by atoms with Crippen LogP contribution in [0.25, 0.3) is 0 Å². The molecular formula is C19H22N4O3. The number of rotatable bonds is 3. The van der Waals surface area contributed by atoms with E-state index >= 15 is 0 Å². The van der Waals surface area contributed by atoms with Crippen LogP contribution in [0, 0.1) is 5.41 Å². The van der Waals surface area contributed by atoms with Crippen molar-refractivity contribution in [1.82, 2.24) is 14.7 Å². The Labute approximate surface area is 152 Å². The van der Waals surface area contributed by atoms with E-state index in [0.717, 1.165) is 49.8 Å². The van der Waals surface area contributed by atoms with Gasteiger partial charge in [-0.05, 0) is 25.1 Å². The number of aromatic nitrogens is 2. The van der Waals surface area contributed by atoms with Crippen molar-refractivity contribution in [1.29, 1.82) is 0 Å². The zero-order chi connectivity index (χ0) is 17.7. The molecule has 0 aliphatic carbocycles. The van der Waals surface area contributed by atoms with Crippen LogP contribution in [-0.2, 0) is 18.4 Å². The molecule has 7 heteroatoms. The number of benzene rings is 1. The zero-order valence-electron chi connectivity index (χ0n) is 14.9. The molecule has 3 aliphatic heterocycles. The summed E-state index contributed by atoms with van der Waals surface area (Å²) in [6, 6.07) is 5.76. The number of carbonyl (C=O) groups is 1. The van der Waals surface area contributed by atoms with Crippen LogP contribution < -0.4 is 14.4 Å². The summed E-state index contributed by atoms with van der Waals surface area (Å²) >= 11 is 0. The fourth-order valence-electron chi connectivity index (χ4n) is 4.43. The zero-order valence-corrected chi connectivity index (χ0v) is 14.9. The minimum absolute atomic E-state index is 0.0513. The van der Waals surface area contributed by atoms with Crippen LogP contribution >= 0.6 is 0 Å². The average molecular weight is 354 g/mol. The van der Waals surface area contributed by atoms with Crippen LogP contribution in [0.15, 0.2) is 30.6 Å². The summed E-state index contributed by atoms with van der Waals surface area (Å²) in [4.78, 5) is 17.1. The monoisotopic (exact) mass is 354 g/mol. The standard InChI is InChI=1S/C19H22N4O3/c1-21-9-14(8-20-21)10-22-5-4-19(11-22)7-18(24)23(12-19)15-2-3-16-17(6-15)26-13-25-16/h2-3,6,8-9H,4-5,7,10-13H2,1H3/t19-/m1/s1. The SMILES string of the molecule is Cn1cc(CN2CC[C@@]3(CC(=O)N(c4ccc5c(c4)OCO5)C3)C2)cn1. The number of ether oxygens (including phenoxy) is 2. The van der Waals surface area contributed by atoms with Gasteiger partial charge in [0.1, 0.15) is 0 Å². The lowest BCUT2D eigenvalue weighted by Crippen LogP contribution is -2.31. The molecule has 0 radical (unpaired) electrons. The van der Waals surface area contributed by atoms with Gasteiger partial charge in [-0.1, -0.05) is 0 Å². The first-order valence-corrected chi connectivity index (χ1v) is 9.00. The number of aryl methyl sites for hydroxylation is 1. The molecule has 1 spiro atoms. The highest BCUT2D eigenvalue weighted by atomic mass is 16.7. The summed E-state index contributed by atoms with van der Waals surface area (Å²) in [7, 11) is 1.94. The molecule has 5 rings (SSSR count). The van der Waals surface area contributed by atoms with Gasteiger partial charge in [0.2, 0.25) is 12.7 Å².